The summed E-state index contributed by atoms with van der Waals surface area (Å²) in [5.74, 6) is 0.922. The van der Waals surface area contributed by atoms with Crippen molar-refractivity contribution in [1.29, 1.82) is 0 Å². The van der Waals surface area contributed by atoms with Gasteiger partial charge in [0.25, 0.3) is 0 Å². The van der Waals surface area contributed by atoms with Crippen LogP contribution >= 0.6 is 0 Å². The molecule has 2 aliphatic carbocycles. The molecule has 24 heavy (non-hydrogen) atoms. The lowest BCUT2D eigenvalue weighted by atomic mass is 9.87. The molecule has 0 N–H and O–H groups in total. The summed E-state index contributed by atoms with van der Waals surface area (Å²) in [6, 6.07) is 2.92. The molecule has 0 spiro atoms. The zero-order valence-electron chi connectivity index (χ0n) is 14.7. The summed E-state index contributed by atoms with van der Waals surface area (Å²) in [7, 11) is 0. The summed E-state index contributed by atoms with van der Waals surface area (Å²) < 4.78 is 38.8. The number of ether oxygens (including phenoxy) is 2. The number of rotatable bonds is 7. The monoisotopic (exact) mass is 338 g/mol. The summed E-state index contributed by atoms with van der Waals surface area (Å²) in [6.45, 7) is 4.79. The minimum atomic E-state index is -0.956. The quantitative estimate of drug-likeness (QED) is 0.645. The van der Waals surface area contributed by atoms with E-state index in [-0.39, 0.29) is 11.5 Å². The second kappa shape index (κ2) is 7.71. The molecule has 0 bridgehead atoms. The molecule has 0 aromatic heterocycles. The molecule has 2 saturated carbocycles. The first-order valence-electron chi connectivity index (χ1n) is 9.39. The lowest BCUT2D eigenvalue weighted by Gasteiger charge is -2.21. The molecule has 2 aliphatic rings. The first-order chi connectivity index (χ1) is 11.7. The van der Waals surface area contributed by atoms with Gasteiger partial charge in [-0.2, -0.15) is 8.78 Å². The second-order valence-electron chi connectivity index (χ2n) is 7.23. The van der Waals surface area contributed by atoms with Crippen molar-refractivity contribution in [3.05, 3.63) is 23.8 Å². The van der Waals surface area contributed by atoms with Crippen molar-refractivity contribution in [2.24, 2.45) is 23.7 Å². The third-order valence-corrected chi connectivity index (χ3v) is 5.93. The second-order valence-corrected chi connectivity index (χ2v) is 7.23. The standard InChI is InChI=1S/C20H28F2O2/c1-3-5-13-6-8-16-14(7-9-15(13)16)12-24-18-11-10-17(23-4-2)19(21)20(18)22/h10-11,13-16H,3-9,12H2,1-2H3/t13?,14?,15-,16-/m0/s1. The first kappa shape index (κ1) is 17.5. The van der Waals surface area contributed by atoms with E-state index in [1.54, 1.807) is 6.92 Å². The molecular weight excluding hydrogens is 310 g/mol. The molecule has 134 valence electrons. The first-order valence-corrected chi connectivity index (χ1v) is 9.39. The summed E-state index contributed by atoms with van der Waals surface area (Å²) in [6.07, 6.45) is 7.59. The van der Waals surface area contributed by atoms with E-state index in [1.165, 1.54) is 44.2 Å². The van der Waals surface area contributed by atoms with E-state index in [4.69, 9.17) is 9.47 Å². The third-order valence-electron chi connectivity index (χ3n) is 5.93. The van der Waals surface area contributed by atoms with Crippen molar-refractivity contribution in [2.45, 2.75) is 52.4 Å². The van der Waals surface area contributed by atoms with Gasteiger partial charge in [-0.15, -0.1) is 0 Å². The van der Waals surface area contributed by atoms with Crippen LogP contribution in [0.25, 0.3) is 0 Å². The van der Waals surface area contributed by atoms with Crippen LogP contribution in [0.15, 0.2) is 12.1 Å². The molecule has 1 aromatic rings. The van der Waals surface area contributed by atoms with Crippen molar-refractivity contribution >= 4 is 0 Å². The molecular formula is C20H28F2O2. The van der Waals surface area contributed by atoms with E-state index >= 15 is 0 Å². The largest absolute Gasteiger partial charge is 0.491 e. The average molecular weight is 338 g/mol. The molecule has 1 aromatic carbocycles. The van der Waals surface area contributed by atoms with E-state index in [9.17, 15) is 8.78 Å². The Bertz CT molecular complexity index is 561. The zero-order chi connectivity index (χ0) is 17.1. The normalized spacial score (nSPS) is 28.8. The molecule has 4 atom stereocenters. The number of hydrogen-bond acceptors (Lipinski definition) is 2. The molecule has 0 radical (unpaired) electrons. The lowest BCUT2D eigenvalue weighted by molar-refractivity contribution is 0.193. The van der Waals surface area contributed by atoms with Crippen LogP contribution in [0.1, 0.15) is 52.4 Å². The van der Waals surface area contributed by atoms with Crippen LogP contribution < -0.4 is 9.47 Å². The maximum Gasteiger partial charge on any atom is 0.204 e. The highest BCUT2D eigenvalue weighted by Crippen LogP contribution is 2.52. The van der Waals surface area contributed by atoms with Gasteiger partial charge in [-0.3, -0.25) is 0 Å². The van der Waals surface area contributed by atoms with Gasteiger partial charge in [-0.05, 0) is 68.4 Å². The van der Waals surface area contributed by atoms with Crippen LogP contribution in [0.4, 0.5) is 8.78 Å². The van der Waals surface area contributed by atoms with E-state index in [2.05, 4.69) is 6.92 Å². The van der Waals surface area contributed by atoms with Crippen LogP contribution in [0.2, 0.25) is 0 Å². The Hall–Kier alpha value is -1.32. The van der Waals surface area contributed by atoms with Gasteiger partial charge in [0.1, 0.15) is 0 Å². The Balaban J connectivity index is 1.60. The third kappa shape index (κ3) is 3.38. The number of hydrogen-bond donors (Lipinski definition) is 0. The fourth-order valence-electron chi connectivity index (χ4n) is 4.87. The Morgan fingerprint density at radius 2 is 1.46 bits per heavy atom. The van der Waals surface area contributed by atoms with Gasteiger partial charge in [0.15, 0.2) is 11.5 Å². The van der Waals surface area contributed by atoms with Crippen molar-refractivity contribution in [3.8, 4) is 11.5 Å². The highest BCUT2D eigenvalue weighted by Gasteiger charge is 2.44. The van der Waals surface area contributed by atoms with Gasteiger partial charge in [0.2, 0.25) is 11.6 Å². The van der Waals surface area contributed by atoms with Crippen molar-refractivity contribution in [2.75, 3.05) is 13.2 Å². The van der Waals surface area contributed by atoms with E-state index < -0.39 is 11.6 Å². The van der Waals surface area contributed by atoms with Gasteiger partial charge in [0.05, 0.1) is 13.2 Å². The molecule has 2 unspecified atom stereocenters. The minimum Gasteiger partial charge on any atom is -0.491 e. The maximum absolute atomic E-state index is 14.1. The van der Waals surface area contributed by atoms with Gasteiger partial charge in [0, 0.05) is 0 Å². The maximum atomic E-state index is 14.1. The number of halogens is 2. The van der Waals surface area contributed by atoms with Gasteiger partial charge in [-0.1, -0.05) is 19.8 Å². The molecule has 0 saturated heterocycles. The molecule has 0 aliphatic heterocycles. The smallest absolute Gasteiger partial charge is 0.204 e. The van der Waals surface area contributed by atoms with E-state index in [1.807, 2.05) is 0 Å². The molecule has 0 amide bonds. The van der Waals surface area contributed by atoms with Crippen LogP contribution in [0.3, 0.4) is 0 Å². The highest BCUT2D eigenvalue weighted by molar-refractivity contribution is 5.35. The van der Waals surface area contributed by atoms with E-state index in [0.717, 1.165) is 18.3 Å². The lowest BCUT2D eigenvalue weighted by Crippen LogP contribution is -2.19. The summed E-state index contributed by atoms with van der Waals surface area (Å²) >= 11 is 0. The Kier molecular flexibility index (Phi) is 5.62. The topological polar surface area (TPSA) is 18.5 Å². The molecule has 0 heterocycles. The number of fused-ring (bicyclic) bond motifs is 1. The summed E-state index contributed by atoms with van der Waals surface area (Å²) in [5.41, 5.74) is 0. The molecule has 2 nitrogen and oxygen atoms in total. The SMILES string of the molecule is CCCC1CC[C@H]2C(COc3ccc(OCC)c(F)c3F)CC[C@@H]12. The van der Waals surface area contributed by atoms with Crippen LogP contribution in [0.5, 0.6) is 11.5 Å². The predicted octanol–water partition coefficient (Wildman–Crippen LogP) is 5.59. The minimum absolute atomic E-state index is 0.00232. The predicted molar refractivity (Wildman–Crippen MR) is 90.4 cm³/mol. The molecule has 3 rings (SSSR count). The summed E-state index contributed by atoms with van der Waals surface area (Å²) in [4.78, 5) is 0. The van der Waals surface area contributed by atoms with Crippen molar-refractivity contribution < 1.29 is 18.3 Å². The van der Waals surface area contributed by atoms with Gasteiger partial charge in [-0.25, -0.2) is 0 Å². The van der Waals surface area contributed by atoms with Gasteiger partial charge >= 0.3 is 0 Å². The van der Waals surface area contributed by atoms with Crippen LogP contribution in [-0.2, 0) is 0 Å². The average Bonchev–Trinajstić information content (AvgIpc) is 3.15. The van der Waals surface area contributed by atoms with Crippen molar-refractivity contribution in [1.82, 2.24) is 0 Å². The van der Waals surface area contributed by atoms with Crippen LogP contribution in [-0.4, -0.2) is 13.2 Å². The fourth-order valence-corrected chi connectivity index (χ4v) is 4.87. The Morgan fingerprint density at radius 3 is 2.08 bits per heavy atom. The Labute approximate surface area is 143 Å². The van der Waals surface area contributed by atoms with E-state index in [0.29, 0.717) is 25.0 Å². The molecule has 4 heteroatoms. The van der Waals surface area contributed by atoms with Crippen LogP contribution in [0, 0.1) is 35.3 Å². The Morgan fingerprint density at radius 1 is 0.875 bits per heavy atom. The highest BCUT2D eigenvalue weighted by atomic mass is 19.2. The fraction of sp³-hybridized carbons (Fsp3) is 0.700. The summed E-state index contributed by atoms with van der Waals surface area (Å²) in [5, 5.41) is 0. The zero-order valence-corrected chi connectivity index (χ0v) is 14.7. The van der Waals surface area contributed by atoms with Gasteiger partial charge < -0.3 is 9.47 Å². The van der Waals surface area contributed by atoms with Crippen molar-refractivity contribution in [3.63, 3.8) is 0 Å². The molecule has 2 fully saturated rings. The number of benzene rings is 1.